The van der Waals surface area contributed by atoms with Crippen molar-refractivity contribution in [2.24, 2.45) is 0 Å². The van der Waals surface area contributed by atoms with Crippen molar-refractivity contribution >= 4 is 11.9 Å². The van der Waals surface area contributed by atoms with E-state index in [9.17, 15) is 9.59 Å². The smallest absolute Gasteiger partial charge is 0.338 e. The lowest BCUT2D eigenvalue weighted by molar-refractivity contribution is 0.0690. The molecule has 5 nitrogen and oxygen atoms in total. The number of carbonyl (C=O) groups excluding carboxylic acids is 1. The molecule has 0 radical (unpaired) electrons. The van der Waals surface area contributed by atoms with E-state index in [1.807, 2.05) is 6.92 Å². The van der Waals surface area contributed by atoms with E-state index in [4.69, 9.17) is 5.11 Å². The fourth-order valence-corrected chi connectivity index (χ4v) is 1.22. The molecule has 1 heterocycles. The van der Waals surface area contributed by atoms with Crippen LogP contribution in [0.4, 0.5) is 0 Å². The first kappa shape index (κ1) is 12.2. The molecule has 1 aromatic rings. The second-order valence-corrected chi connectivity index (χ2v) is 3.31. The lowest BCUT2D eigenvalue weighted by Gasteiger charge is -2.05. The molecular weight excluding hydrogens is 208 g/mol. The molecule has 0 saturated heterocycles. The Balaban J connectivity index is 2.78. The van der Waals surface area contributed by atoms with Gasteiger partial charge in [-0.3, -0.25) is 9.78 Å². The zero-order valence-electron chi connectivity index (χ0n) is 9.06. The molecule has 1 rings (SSSR count). The summed E-state index contributed by atoms with van der Waals surface area (Å²) in [5.74, 6) is -1.58. The second-order valence-electron chi connectivity index (χ2n) is 3.31. The molecule has 0 bridgehead atoms. The van der Waals surface area contributed by atoms with Crippen LogP contribution in [-0.2, 0) is 0 Å². The van der Waals surface area contributed by atoms with Crippen LogP contribution in [0.1, 0.15) is 40.6 Å². The first-order valence-corrected chi connectivity index (χ1v) is 5.13. The fraction of sp³-hybridized carbons (Fsp3) is 0.364. The Morgan fingerprint density at radius 1 is 1.50 bits per heavy atom. The van der Waals surface area contributed by atoms with Gasteiger partial charge in [-0.15, -0.1) is 0 Å². The van der Waals surface area contributed by atoms with Crippen LogP contribution >= 0.6 is 0 Å². The maximum Gasteiger partial charge on any atom is 0.338 e. The summed E-state index contributed by atoms with van der Waals surface area (Å²) in [5, 5.41) is 11.5. The van der Waals surface area contributed by atoms with Crippen molar-refractivity contribution in [1.82, 2.24) is 10.3 Å². The third kappa shape index (κ3) is 3.05. The van der Waals surface area contributed by atoms with Crippen molar-refractivity contribution < 1.29 is 14.7 Å². The zero-order chi connectivity index (χ0) is 12.0. The molecule has 0 fully saturated rings. The Hall–Kier alpha value is -1.91. The van der Waals surface area contributed by atoms with Crippen LogP contribution in [0.15, 0.2) is 18.3 Å². The highest BCUT2D eigenvalue weighted by Gasteiger charge is 2.16. The Kier molecular flexibility index (Phi) is 4.44. The molecule has 2 N–H and O–H groups in total. The van der Waals surface area contributed by atoms with Crippen LogP contribution in [-0.4, -0.2) is 28.5 Å². The summed E-state index contributed by atoms with van der Waals surface area (Å²) in [6, 6.07) is 2.86. The first-order chi connectivity index (χ1) is 7.66. The van der Waals surface area contributed by atoms with E-state index in [0.29, 0.717) is 6.54 Å². The Labute approximate surface area is 93.5 Å². The van der Waals surface area contributed by atoms with Gasteiger partial charge < -0.3 is 10.4 Å². The monoisotopic (exact) mass is 222 g/mol. The van der Waals surface area contributed by atoms with E-state index in [-0.39, 0.29) is 11.3 Å². The normalized spacial score (nSPS) is 9.81. The van der Waals surface area contributed by atoms with Crippen molar-refractivity contribution in [3.8, 4) is 0 Å². The zero-order valence-corrected chi connectivity index (χ0v) is 9.06. The summed E-state index contributed by atoms with van der Waals surface area (Å²) in [4.78, 5) is 26.2. The minimum atomic E-state index is -1.14. The summed E-state index contributed by atoms with van der Waals surface area (Å²) in [6.07, 6.45) is 3.23. The SMILES string of the molecule is CCCCNC(=O)c1ncccc1C(=O)O. The number of pyridine rings is 1. The van der Waals surface area contributed by atoms with Gasteiger partial charge in [-0.1, -0.05) is 13.3 Å². The average molecular weight is 222 g/mol. The third-order valence-corrected chi connectivity index (χ3v) is 2.07. The van der Waals surface area contributed by atoms with Gasteiger partial charge in [0.1, 0.15) is 5.69 Å². The lowest BCUT2D eigenvalue weighted by atomic mass is 10.2. The standard InChI is InChI=1S/C11H14N2O3/c1-2-3-6-13-10(14)9-8(11(15)16)5-4-7-12-9/h4-5,7H,2-3,6H2,1H3,(H,13,14)(H,15,16). The molecule has 0 aliphatic rings. The van der Waals surface area contributed by atoms with E-state index in [0.717, 1.165) is 12.8 Å². The average Bonchev–Trinajstić information content (AvgIpc) is 2.29. The van der Waals surface area contributed by atoms with Crippen LogP contribution < -0.4 is 5.32 Å². The van der Waals surface area contributed by atoms with Crippen molar-refractivity contribution in [3.05, 3.63) is 29.6 Å². The number of amides is 1. The maximum absolute atomic E-state index is 11.6. The molecule has 0 aromatic carbocycles. The molecule has 16 heavy (non-hydrogen) atoms. The molecule has 0 aliphatic carbocycles. The molecule has 0 atom stereocenters. The number of hydrogen-bond acceptors (Lipinski definition) is 3. The molecule has 0 spiro atoms. The molecule has 1 aromatic heterocycles. The lowest BCUT2D eigenvalue weighted by Crippen LogP contribution is -2.27. The summed E-state index contributed by atoms with van der Waals surface area (Å²) in [6.45, 7) is 2.54. The fourth-order valence-electron chi connectivity index (χ4n) is 1.22. The van der Waals surface area contributed by atoms with Gasteiger partial charge in [-0.2, -0.15) is 0 Å². The highest BCUT2D eigenvalue weighted by Crippen LogP contribution is 2.05. The minimum Gasteiger partial charge on any atom is -0.478 e. The highest BCUT2D eigenvalue weighted by molar-refractivity contribution is 6.03. The number of rotatable bonds is 5. The molecule has 86 valence electrons. The molecule has 1 amide bonds. The Bertz CT molecular complexity index is 391. The van der Waals surface area contributed by atoms with Crippen LogP contribution in [0.5, 0.6) is 0 Å². The number of carbonyl (C=O) groups is 2. The maximum atomic E-state index is 11.6. The molecule has 0 aliphatic heterocycles. The number of carboxylic acid groups (broad SMARTS) is 1. The van der Waals surface area contributed by atoms with Crippen LogP contribution in [0.25, 0.3) is 0 Å². The van der Waals surface area contributed by atoms with Gasteiger partial charge in [0, 0.05) is 12.7 Å². The topological polar surface area (TPSA) is 79.3 Å². The van der Waals surface area contributed by atoms with Crippen LogP contribution in [0, 0.1) is 0 Å². The molecular formula is C11H14N2O3. The molecule has 5 heteroatoms. The largest absolute Gasteiger partial charge is 0.478 e. The van der Waals surface area contributed by atoms with E-state index in [1.54, 1.807) is 0 Å². The quantitative estimate of drug-likeness (QED) is 0.736. The number of unbranched alkanes of at least 4 members (excludes halogenated alkanes) is 1. The van der Waals surface area contributed by atoms with Crippen molar-refractivity contribution in [3.63, 3.8) is 0 Å². The highest BCUT2D eigenvalue weighted by atomic mass is 16.4. The summed E-state index contributed by atoms with van der Waals surface area (Å²) in [7, 11) is 0. The number of carboxylic acids is 1. The second kappa shape index (κ2) is 5.85. The van der Waals surface area contributed by atoms with Crippen molar-refractivity contribution in [1.29, 1.82) is 0 Å². The predicted octanol–water partition coefficient (Wildman–Crippen LogP) is 1.31. The first-order valence-electron chi connectivity index (χ1n) is 5.13. The third-order valence-electron chi connectivity index (χ3n) is 2.07. The van der Waals surface area contributed by atoms with Gasteiger partial charge in [-0.25, -0.2) is 4.79 Å². The summed E-state index contributed by atoms with van der Waals surface area (Å²) in [5.41, 5.74) is -0.109. The Morgan fingerprint density at radius 3 is 2.88 bits per heavy atom. The number of aromatic nitrogens is 1. The van der Waals surface area contributed by atoms with Gasteiger partial charge in [0.2, 0.25) is 0 Å². The predicted molar refractivity (Wildman–Crippen MR) is 58.4 cm³/mol. The molecule has 0 unspecified atom stereocenters. The van der Waals surface area contributed by atoms with Gasteiger partial charge in [0.25, 0.3) is 5.91 Å². The van der Waals surface area contributed by atoms with Crippen LogP contribution in [0.2, 0.25) is 0 Å². The molecule has 0 saturated carbocycles. The van der Waals surface area contributed by atoms with Gasteiger partial charge >= 0.3 is 5.97 Å². The van der Waals surface area contributed by atoms with E-state index in [2.05, 4.69) is 10.3 Å². The van der Waals surface area contributed by atoms with Crippen molar-refractivity contribution in [2.45, 2.75) is 19.8 Å². The van der Waals surface area contributed by atoms with Gasteiger partial charge in [0.15, 0.2) is 0 Å². The van der Waals surface area contributed by atoms with Crippen molar-refractivity contribution in [2.75, 3.05) is 6.54 Å². The number of nitrogens with one attached hydrogen (secondary N) is 1. The number of aromatic carboxylic acids is 1. The van der Waals surface area contributed by atoms with E-state index >= 15 is 0 Å². The van der Waals surface area contributed by atoms with Gasteiger partial charge in [-0.05, 0) is 18.6 Å². The van der Waals surface area contributed by atoms with E-state index < -0.39 is 11.9 Å². The summed E-state index contributed by atoms with van der Waals surface area (Å²) < 4.78 is 0. The Morgan fingerprint density at radius 2 is 2.25 bits per heavy atom. The number of nitrogens with zero attached hydrogens (tertiary/aromatic N) is 1. The number of hydrogen-bond donors (Lipinski definition) is 2. The van der Waals surface area contributed by atoms with E-state index in [1.165, 1.54) is 18.3 Å². The minimum absolute atomic E-state index is 0.0360. The summed E-state index contributed by atoms with van der Waals surface area (Å²) >= 11 is 0. The van der Waals surface area contributed by atoms with Crippen LogP contribution in [0.3, 0.4) is 0 Å². The van der Waals surface area contributed by atoms with Gasteiger partial charge in [0.05, 0.1) is 5.56 Å².